The van der Waals surface area contributed by atoms with Gasteiger partial charge >= 0.3 is 0 Å². The molecule has 1 amide bonds. The molecule has 3 rings (SSSR count). The SMILES string of the molecule is O=C(CS(=O)Cc1ccc(CO)cc1)N(C1CCCC1)C1CC1. The second-order valence-corrected chi connectivity index (χ2v) is 8.13. The second-order valence-electron chi connectivity index (χ2n) is 6.67. The number of aliphatic hydroxyl groups excluding tert-OH is 1. The largest absolute Gasteiger partial charge is 0.392 e. The normalized spacial score (nSPS) is 19.7. The zero-order valence-electron chi connectivity index (χ0n) is 13.4. The van der Waals surface area contributed by atoms with Crippen molar-refractivity contribution in [2.45, 2.75) is 63.0 Å². The minimum Gasteiger partial charge on any atom is -0.392 e. The van der Waals surface area contributed by atoms with Gasteiger partial charge in [0.15, 0.2) is 0 Å². The van der Waals surface area contributed by atoms with Crippen molar-refractivity contribution in [2.24, 2.45) is 0 Å². The summed E-state index contributed by atoms with van der Waals surface area (Å²) in [5.74, 6) is 0.611. The van der Waals surface area contributed by atoms with Gasteiger partial charge in [-0.3, -0.25) is 9.00 Å². The van der Waals surface area contributed by atoms with Gasteiger partial charge < -0.3 is 10.0 Å². The lowest BCUT2D eigenvalue weighted by Crippen LogP contribution is -2.43. The molecule has 1 unspecified atom stereocenters. The number of hydrogen-bond acceptors (Lipinski definition) is 3. The number of aliphatic hydroxyl groups is 1. The minimum atomic E-state index is -1.17. The fraction of sp³-hybridized carbons (Fsp3) is 0.611. The highest BCUT2D eigenvalue weighted by Crippen LogP contribution is 2.34. The smallest absolute Gasteiger partial charge is 0.235 e. The van der Waals surface area contributed by atoms with Crippen molar-refractivity contribution in [2.75, 3.05) is 5.75 Å². The molecular weight excluding hydrogens is 310 g/mol. The van der Waals surface area contributed by atoms with Gasteiger partial charge in [0.2, 0.25) is 5.91 Å². The van der Waals surface area contributed by atoms with Crippen molar-refractivity contribution < 1.29 is 14.1 Å². The number of nitrogens with zero attached hydrogens (tertiary/aromatic N) is 1. The summed E-state index contributed by atoms with van der Waals surface area (Å²) >= 11 is 0. The van der Waals surface area contributed by atoms with Crippen LogP contribution >= 0.6 is 0 Å². The van der Waals surface area contributed by atoms with Crippen molar-refractivity contribution in [3.63, 3.8) is 0 Å². The van der Waals surface area contributed by atoms with Crippen LogP contribution in [0.2, 0.25) is 0 Å². The Kier molecular flexibility index (Phi) is 5.49. The molecule has 126 valence electrons. The van der Waals surface area contributed by atoms with Crippen molar-refractivity contribution in [3.8, 4) is 0 Å². The van der Waals surface area contributed by atoms with E-state index in [9.17, 15) is 9.00 Å². The molecular formula is C18H25NO3S. The molecule has 2 fully saturated rings. The summed E-state index contributed by atoms with van der Waals surface area (Å²) in [6.07, 6.45) is 6.85. The highest BCUT2D eigenvalue weighted by molar-refractivity contribution is 7.84. The first kappa shape index (κ1) is 16.7. The van der Waals surface area contributed by atoms with Crippen LogP contribution in [-0.4, -0.2) is 38.0 Å². The average molecular weight is 335 g/mol. The van der Waals surface area contributed by atoms with Gasteiger partial charge in [-0.25, -0.2) is 0 Å². The summed E-state index contributed by atoms with van der Waals surface area (Å²) in [4.78, 5) is 14.7. The van der Waals surface area contributed by atoms with Crippen LogP contribution in [0.4, 0.5) is 0 Å². The van der Waals surface area contributed by atoms with Gasteiger partial charge in [0.05, 0.1) is 6.61 Å². The Morgan fingerprint density at radius 3 is 2.17 bits per heavy atom. The van der Waals surface area contributed by atoms with Crippen molar-refractivity contribution in [1.82, 2.24) is 4.90 Å². The van der Waals surface area contributed by atoms with Gasteiger partial charge in [-0.15, -0.1) is 0 Å². The van der Waals surface area contributed by atoms with E-state index in [2.05, 4.69) is 4.90 Å². The summed E-state index contributed by atoms with van der Waals surface area (Å²) in [5, 5.41) is 9.04. The van der Waals surface area contributed by atoms with Crippen molar-refractivity contribution in [3.05, 3.63) is 35.4 Å². The summed E-state index contributed by atoms with van der Waals surface area (Å²) in [7, 11) is -1.17. The van der Waals surface area contributed by atoms with Crippen LogP contribution < -0.4 is 0 Å². The Morgan fingerprint density at radius 2 is 1.61 bits per heavy atom. The zero-order chi connectivity index (χ0) is 16.2. The van der Waals surface area contributed by atoms with Crippen LogP contribution in [0.3, 0.4) is 0 Å². The maximum absolute atomic E-state index is 12.6. The molecule has 4 nitrogen and oxygen atoms in total. The van der Waals surface area contributed by atoms with Crippen LogP contribution in [0.25, 0.3) is 0 Å². The van der Waals surface area contributed by atoms with Gasteiger partial charge in [0.25, 0.3) is 0 Å². The van der Waals surface area contributed by atoms with Crippen LogP contribution in [0.15, 0.2) is 24.3 Å². The average Bonchev–Trinajstić information content (AvgIpc) is 3.22. The topological polar surface area (TPSA) is 57.6 Å². The van der Waals surface area contributed by atoms with Crippen molar-refractivity contribution >= 4 is 16.7 Å². The summed E-state index contributed by atoms with van der Waals surface area (Å²) < 4.78 is 12.4. The number of rotatable bonds is 7. The molecule has 5 heteroatoms. The van der Waals surface area contributed by atoms with E-state index in [1.54, 1.807) is 0 Å². The van der Waals surface area contributed by atoms with E-state index in [0.29, 0.717) is 17.8 Å². The van der Waals surface area contributed by atoms with Gasteiger partial charge in [-0.05, 0) is 36.8 Å². The quantitative estimate of drug-likeness (QED) is 0.832. The van der Waals surface area contributed by atoms with E-state index in [-0.39, 0.29) is 18.3 Å². The third-order valence-corrected chi connectivity index (χ3v) is 5.99. The van der Waals surface area contributed by atoms with E-state index in [1.165, 1.54) is 12.8 Å². The monoisotopic (exact) mass is 335 g/mol. The summed E-state index contributed by atoms with van der Waals surface area (Å²) in [6.45, 7) is 0.0135. The first-order valence-corrected chi connectivity index (χ1v) is 10.0. The second kappa shape index (κ2) is 7.58. The third-order valence-electron chi connectivity index (χ3n) is 4.76. The van der Waals surface area contributed by atoms with E-state index < -0.39 is 10.8 Å². The summed E-state index contributed by atoms with van der Waals surface area (Å²) in [6, 6.07) is 8.22. The molecule has 0 radical (unpaired) electrons. The Balaban J connectivity index is 1.56. The lowest BCUT2D eigenvalue weighted by atomic mass is 10.2. The minimum absolute atomic E-state index is 0.0135. The Morgan fingerprint density at radius 1 is 1.04 bits per heavy atom. The fourth-order valence-electron chi connectivity index (χ4n) is 3.43. The van der Waals surface area contributed by atoms with E-state index in [0.717, 1.165) is 36.8 Å². The number of hydrogen-bond donors (Lipinski definition) is 1. The number of benzene rings is 1. The molecule has 0 bridgehead atoms. The highest BCUT2D eigenvalue weighted by atomic mass is 32.2. The molecule has 1 aromatic rings. The number of carbonyl (C=O) groups excluding carboxylic acids is 1. The number of carbonyl (C=O) groups is 1. The Hall–Kier alpha value is -1.20. The predicted octanol–water partition coefficient (Wildman–Crippen LogP) is 2.36. The van der Waals surface area contributed by atoms with Crippen LogP contribution in [-0.2, 0) is 28.0 Å². The van der Waals surface area contributed by atoms with Gasteiger partial charge in [0, 0.05) is 28.6 Å². The molecule has 2 saturated carbocycles. The molecule has 2 aliphatic carbocycles. The van der Waals surface area contributed by atoms with E-state index in [1.807, 2.05) is 24.3 Å². The molecule has 0 heterocycles. The molecule has 0 spiro atoms. The standard InChI is InChI=1S/C18H25NO3S/c20-11-14-5-7-15(8-6-14)12-23(22)13-18(21)19(17-9-10-17)16-3-1-2-4-16/h5-8,16-17,20H,1-4,9-13H2. The first-order valence-electron chi connectivity index (χ1n) is 8.52. The third kappa shape index (κ3) is 4.42. The molecule has 0 aliphatic heterocycles. The van der Waals surface area contributed by atoms with Gasteiger partial charge in [-0.1, -0.05) is 37.1 Å². The Labute approximate surface area is 140 Å². The van der Waals surface area contributed by atoms with E-state index >= 15 is 0 Å². The molecule has 23 heavy (non-hydrogen) atoms. The highest BCUT2D eigenvalue weighted by Gasteiger charge is 2.38. The van der Waals surface area contributed by atoms with Crippen LogP contribution in [0.5, 0.6) is 0 Å². The van der Waals surface area contributed by atoms with Crippen molar-refractivity contribution in [1.29, 1.82) is 0 Å². The number of amides is 1. The first-order chi connectivity index (χ1) is 11.2. The fourth-order valence-corrected chi connectivity index (χ4v) is 4.52. The Bertz CT molecular complexity index is 562. The van der Waals surface area contributed by atoms with E-state index in [4.69, 9.17) is 5.11 Å². The predicted molar refractivity (Wildman–Crippen MR) is 91.2 cm³/mol. The lowest BCUT2D eigenvalue weighted by Gasteiger charge is -2.29. The maximum atomic E-state index is 12.6. The maximum Gasteiger partial charge on any atom is 0.235 e. The van der Waals surface area contributed by atoms with Gasteiger partial charge in [-0.2, -0.15) is 0 Å². The molecule has 1 N–H and O–H groups in total. The molecule has 1 aromatic carbocycles. The molecule has 0 saturated heterocycles. The van der Waals surface area contributed by atoms with Crippen LogP contribution in [0, 0.1) is 0 Å². The zero-order valence-corrected chi connectivity index (χ0v) is 14.3. The lowest BCUT2D eigenvalue weighted by molar-refractivity contribution is -0.131. The molecule has 1 atom stereocenters. The summed E-state index contributed by atoms with van der Waals surface area (Å²) in [5.41, 5.74) is 1.80. The molecule has 0 aromatic heterocycles. The molecule has 2 aliphatic rings. The van der Waals surface area contributed by atoms with Gasteiger partial charge in [0.1, 0.15) is 5.75 Å². The van der Waals surface area contributed by atoms with Crippen LogP contribution in [0.1, 0.15) is 49.7 Å².